The van der Waals surface area contributed by atoms with E-state index in [9.17, 15) is 4.79 Å². The Morgan fingerprint density at radius 3 is 2.61 bits per heavy atom. The van der Waals surface area contributed by atoms with Crippen molar-refractivity contribution in [3.63, 3.8) is 0 Å². The van der Waals surface area contributed by atoms with Gasteiger partial charge >= 0.3 is 6.09 Å². The molecule has 0 radical (unpaired) electrons. The van der Waals surface area contributed by atoms with E-state index < -0.39 is 5.60 Å². The van der Waals surface area contributed by atoms with Gasteiger partial charge in [0.2, 0.25) is 0 Å². The number of rotatable bonds is 1. The second-order valence-electron chi connectivity index (χ2n) is 6.34. The SMILES string of the molecule is CC(C)(C)OC(=O)N1CC(CN)OCC12CCC2. The van der Waals surface area contributed by atoms with Crippen LogP contribution in [0.2, 0.25) is 0 Å². The molecule has 1 amide bonds. The molecule has 1 aliphatic heterocycles. The fraction of sp³-hybridized carbons (Fsp3) is 0.923. The number of hydrogen-bond acceptors (Lipinski definition) is 4. The molecule has 0 aromatic heterocycles. The maximum atomic E-state index is 12.3. The smallest absolute Gasteiger partial charge is 0.410 e. The summed E-state index contributed by atoms with van der Waals surface area (Å²) in [7, 11) is 0. The maximum absolute atomic E-state index is 12.3. The largest absolute Gasteiger partial charge is 0.444 e. The lowest BCUT2D eigenvalue weighted by molar-refractivity contribution is -0.134. The molecular formula is C13H24N2O3. The minimum absolute atomic E-state index is 0.0660. The van der Waals surface area contributed by atoms with Crippen molar-refractivity contribution in [1.82, 2.24) is 4.90 Å². The molecule has 1 unspecified atom stereocenters. The molecule has 5 heteroatoms. The van der Waals surface area contributed by atoms with Gasteiger partial charge < -0.3 is 15.2 Å². The molecule has 0 bridgehead atoms. The number of carbonyl (C=O) groups is 1. The predicted molar refractivity (Wildman–Crippen MR) is 68.3 cm³/mol. The molecule has 2 fully saturated rings. The number of nitrogens with two attached hydrogens (primary N) is 1. The Bertz CT molecular complexity index is 321. The second-order valence-corrected chi connectivity index (χ2v) is 6.34. The van der Waals surface area contributed by atoms with Crippen LogP contribution < -0.4 is 5.73 Å². The second kappa shape index (κ2) is 4.70. The van der Waals surface area contributed by atoms with Gasteiger partial charge in [-0.2, -0.15) is 0 Å². The van der Waals surface area contributed by atoms with Gasteiger partial charge in [-0.05, 0) is 40.0 Å². The van der Waals surface area contributed by atoms with Gasteiger partial charge in [0, 0.05) is 6.54 Å². The number of carbonyl (C=O) groups excluding carboxylic acids is 1. The molecule has 104 valence electrons. The highest BCUT2D eigenvalue weighted by Gasteiger charge is 2.50. The standard InChI is InChI=1S/C13H24N2O3/c1-12(2,3)18-11(16)15-8-10(7-14)17-9-13(15)5-4-6-13/h10H,4-9,14H2,1-3H3. The van der Waals surface area contributed by atoms with E-state index in [2.05, 4.69) is 0 Å². The normalized spacial score (nSPS) is 26.9. The fourth-order valence-corrected chi connectivity index (χ4v) is 2.53. The lowest BCUT2D eigenvalue weighted by Crippen LogP contribution is -2.66. The van der Waals surface area contributed by atoms with Crippen LogP contribution in [-0.2, 0) is 9.47 Å². The summed E-state index contributed by atoms with van der Waals surface area (Å²) in [6, 6.07) is 0. The molecule has 1 spiro atoms. The molecule has 2 N–H and O–H groups in total. The van der Waals surface area contributed by atoms with E-state index in [0.717, 1.165) is 19.3 Å². The first-order valence-corrected chi connectivity index (χ1v) is 6.69. The molecule has 1 aliphatic carbocycles. The zero-order chi connectivity index (χ0) is 13.4. The lowest BCUT2D eigenvalue weighted by Gasteiger charge is -2.53. The van der Waals surface area contributed by atoms with E-state index in [1.54, 1.807) is 0 Å². The van der Waals surface area contributed by atoms with Gasteiger partial charge in [-0.3, -0.25) is 4.90 Å². The number of hydrogen-bond donors (Lipinski definition) is 1. The van der Waals surface area contributed by atoms with Crippen molar-refractivity contribution in [2.75, 3.05) is 19.7 Å². The Morgan fingerprint density at radius 2 is 2.17 bits per heavy atom. The summed E-state index contributed by atoms with van der Waals surface area (Å²) in [5.74, 6) is 0. The van der Waals surface area contributed by atoms with Crippen molar-refractivity contribution in [3.05, 3.63) is 0 Å². The zero-order valence-electron chi connectivity index (χ0n) is 11.6. The molecular weight excluding hydrogens is 232 g/mol. The minimum atomic E-state index is -0.460. The predicted octanol–water partition coefficient (Wildman–Crippen LogP) is 1.50. The summed E-state index contributed by atoms with van der Waals surface area (Å²) < 4.78 is 11.2. The van der Waals surface area contributed by atoms with Crippen LogP contribution in [0.4, 0.5) is 4.79 Å². The van der Waals surface area contributed by atoms with E-state index in [-0.39, 0.29) is 17.7 Å². The average Bonchev–Trinajstić information content (AvgIpc) is 2.23. The van der Waals surface area contributed by atoms with Gasteiger partial charge in [-0.1, -0.05) is 0 Å². The Balaban J connectivity index is 2.08. The third kappa shape index (κ3) is 2.62. The van der Waals surface area contributed by atoms with Gasteiger partial charge in [0.05, 0.1) is 24.8 Å². The van der Waals surface area contributed by atoms with Crippen LogP contribution in [0.3, 0.4) is 0 Å². The van der Waals surface area contributed by atoms with Crippen molar-refractivity contribution in [2.24, 2.45) is 5.73 Å². The van der Waals surface area contributed by atoms with Crippen LogP contribution in [0.15, 0.2) is 0 Å². The van der Waals surface area contributed by atoms with Crippen LogP contribution in [-0.4, -0.2) is 47.9 Å². The highest BCUT2D eigenvalue weighted by atomic mass is 16.6. The highest BCUT2D eigenvalue weighted by molar-refractivity contribution is 5.69. The first-order chi connectivity index (χ1) is 8.36. The van der Waals surface area contributed by atoms with Crippen LogP contribution in [0.25, 0.3) is 0 Å². The quantitative estimate of drug-likeness (QED) is 0.772. The maximum Gasteiger partial charge on any atom is 0.410 e. The van der Waals surface area contributed by atoms with Gasteiger partial charge in [0.15, 0.2) is 0 Å². The van der Waals surface area contributed by atoms with Gasteiger partial charge in [0.1, 0.15) is 5.60 Å². The first kappa shape index (κ1) is 13.6. The van der Waals surface area contributed by atoms with Crippen LogP contribution in [0.1, 0.15) is 40.0 Å². The molecule has 0 aromatic rings. The van der Waals surface area contributed by atoms with Gasteiger partial charge in [-0.25, -0.2) is 4.79 Å². The van der Waals surface area contributed by atoms with E-state index in [4.69, 9.17) is 15.2 Å². The van der Waals surface area contributed by atoms with E-state index >= 15 is 0 Å². The Labute approximate surface area is 109 Å². The fourth-order valence-electron chi connectivity index (χ4n) is 2.53. The number of morpholine rings is 1. The van der Waals surface area contributed by atoms with E-state index in [1.807, 2.05) is 25.7 Å². The average molecular weight is 256 g/mol. The third-order valence-corrected chi connectivity index (χ3v) is 3.71. The number of ether oxygens (including phenoxy) is 2. The Hall–Kier alpha value is -0.810. The minimum Gasteiger partial charge on any atom is -0.444 e. The van der Waals surface area contributed by atoms with Crippen molar-refractivity contribution in [1.29, 1.82) is 0 Å². The summed E-state index contributed by atoms with van der Waals surface area (Å²) in [4.78, 5) is 14.1. The zero-order valence-corrected chi connectivity index (χ0v) is 11.6. The highest BCUT2D eigenvalue weighted by Crippen LogP contribution is 2.41. The van der Waals surface area contributed by atoms with E-state index in [0.29, 0.717) is 19.7 Å². The lowest BCUT2D eigenvalue weighted by atomic mass is 9.75. The molecule has 5 nitrogen and oxygen atoms in total. The van der Waals surface area contributed by atoms with Crippen LogP contribution in [0.5, 0.6) is 0 Å². The molecule has 1 saturated carbocycles. The van der Waals surface area contributed by atoms with Crippen molar-refractivity contribution in [3.8, 4) is 0 Å². The topological polar surface area (TPSA) is 64.8 Å². The first-order valence-electron chi connectivity index (χ1n) is 6.69. The monoisotopic (exact) mass is 256 g/mol. The van der Waals surface area contributed by atoms with Crippen molar-refractivity contribution < 1.29 is 14.3 Å². The third-order valence-electron chi connectivity index (χ3n) is 3.71. The van der Waals surface area contributed by atoms with Crippen molar-refractivity contribution >= 4 is 6.09 Å². The molecule has 1 atom stereocenters. The molecule has 1 saturated heterocycles. The number of amides is 1. The molecule has 2 aliphatic rings. The van der Waals surface area contributed by atoms with Gasteiger partial charge in [-0.15, -0.1) is 0 Å². The summed E-state index contributed by atoms with van der Waals surface area (Å²) >= 11 is 0. The molecule has 2 rings (SSSR count). The van der Waals surface area contributed by atoms with Crippen LogP contribution >= 0.6 is 0 Å². The van der Waals surface area contributed by atoms with Crippen LogP contribution in [0, 0.1) is 0 Å². The Morgan fingerprint density at radius 1 is 1.50 bits per heavy atom. The number of nitrogens with zero attached hydrogens (tertiary/aromatic N) is 1. The summed E-state index contributed by atoms with van der Waals surface area (Å²) in [6.07, 6.45) is 2.86. The van der Waals surface area contributed by atoms with Crippen molar-refractivity contribution in [2.45, 2.75) is 57.3 Å². The summed E-state index contributed by atoms with van der Waals surface area (Å²) in [5, 5.41) is 0. The molecule has 1 heterocycles. The Kier molecular flexibility index (Phi) is 3.56. The van der Waals surface area contributed by atoms with E-state index in [1.165, 1.54) is 0 Å². The molecule has 18 heavy (non-hydrogen) atoms. The molecule has 0 aromatic carbocycles. The summed E-state index contributed by atoms with van der Waals surface area (Å²) in [5.41, 5.74) is 5.05. The van der Waals surface area contributed by atoms with Gasteiger partial charge in [0.25, 0.3) is 0 Å². The summed E-state index contributed by atoms with van der Waals surface area (Å²) in [6.45, 7) is 7.24.